The molecule has 3 aromatic rings. The molecule has 0 aliphatic heterocycles. The highest BCUT2D eigenvalue weighted by Gasteiger charge is 2.05. The number of hydrogen-bond donors (Lipinski definition) is 2. The highest BCUT2D eigenvalue weighted by atomic mass is 16.2. The van der Waals surface area contributed by atoms with Crippen LogP contribution >= 0.6 is 0 Å². The van der Waals surface area contributed by atoms with E-state index < -0.39 is 0 Å². The van der Waals surface area contributed by atoms with Crippen LogP contribution in [0.2, 0.25) is 0 Å². The van der Waals surface area contributed by atoms with Crippen molar-refractivity contribution >= 4 is 11.8 Å². The number of rotatable bonds is 5. The van der Waals surface area contributed by atoms with Crippen molar-refractivity contribution in [1.29, 1.82) is 0 Å². The van der Waals surface area contributed by atoms with Gasteiger partial charge in [0.15, 0.2) is 5.82 Å². The molecule has 3 rings (SSSR count). The second-order valence-corrected chi connectivity index (χ2v) is 4.72. The molecular weight excluding hydrogens is 294 g/mol. The van der Waals surface area contributed by atoms with E-state index in [1.807, 2.05) is 30.3 Å². The Balaban J connectivity index is 1.53. The van der Waals surface area contributed by atoms with E-state index in [9.17, 15) is 4.79 Å². The highest BCUT2D eigenvalue weighted by Crippen LogP contribution is 2.07. The fourth-order valence-electron chi connectivity index (χ4n) is 1.99. The van der Waals surface area contributed by atoms with Gasteiger partial charge in [-0.15, -0.1) is 0 Å². The van der Waals surface area contributed by atoms with Crippen LogP contribution in [0.4, 0.5) is 10.6 Å². The average molecular weight is 309 g/mol. The van der Waals surface area contributed by atoms with Crippen LogP contribution in [0.1, 0.15) is 5.56 Å². The minimum absolute atomic E-state index is 0.316. The number of anilines is 1. The Kier molecular flexibility index (Phi) is 4.53. The zero-order valence-electron chi connectivity index (χ0n) is 12.3. The van der Waals surface area contributed by atoms with Crippen LogP contribution in [0.15, 0.2) is 55.4 Å². The van der Waals surface area contributed by atoms with Crippen molar-refractivity contribution in [2.24, 2.45) is 0 Å². The van der Waals surface area contributed by atoms with Crippen LogP contribution < -0.4 is 10.6 Å². The number of nitrogens with one attached hydrogen (secondary N) is 2. The molecule has 0 spiro atoms. The SMILES string of the molecule is O=C(NCCc1ccccc1)Nc1cc(-n2cncn2)ncn1. The Bertz CT molecular complexity index is 759. The molecule has 0 aliphatic rings. The lowest BCUT2D eigenvalue weighted by Gasteiger charge is -2.07. The molecule has 8 heteroatoms. The Morgan fingerprint density at radius 3 is 2.78 bits per heavy atom. The number of benzene rings is 1. The molecule has 2 amide bonds. The molecule has 0 saturated heterocycles. The maximum atomic E-state index is 11.9. The Labute approximate surface area is 132 Å². The molecule has 0 bridgehead atoms. The molecule has 2 N–H and O–H groups in total. The molecule has 0 radical (unpaired) electrons. The first kappa shape index (κ1) is 14.6. The van der Waals surface area contributed by atoms with Gasteiger partial charge in [0.05, 0.1) is 0 Å². The van der Waals surface area contributed by atoms with Gasteiger partial charge in [0.2, 0.25) is 0 Å². The molecule has 2 aromatic heterocycles. The summed E-state index contributed by atoms with van der Waals surface area (Å²) in [6, 6.07) is 11.3. The Morgan fingerprint density at radius 2 is 2.00 bits per heavy atom. The summed E-state index contributed by atoms with van der Waals surface area (Å²) in [5.74, 6) is 0.916. The van der Waals surface area contributed by atoms with E-state index >= 15 is 0 Å². The van der Waals surface area contributed by atoms with Crippen LogP contribution in [0.25, 0.3) is 5.82 Å². The van der Waals surface area contributed by atoms with Crippen molar-refractivity contribution in [2.75, 3.05) is 11.9 Å². The van der Waals surface area contributed by atoms with Gasteiger partial charge < -0.3 is 5.32 Å². The summed E-state index contributed by atoms with van der Waals surface area (Å²) in [6.45, 7) is 0.539. The predicted octanol–water partition coefficient (Wildman–Crippen LogP) is 1.42. The quantitative estimate of drug-likeness (QED) is 0.743. The van der Waals surface area contributed by atoms with Gasteiger partial charge in [0.25, 0.3) is 0 Å². The molecule has 116 valence electrons. The van der Waals surface area contributed by atoms with Crippen LogP contribution in [-0.4, -0.2) is 37.3 Å². The van der Waals surface area contributed by atoms with Gasteiger partial charge in [-0.1, -0.05) is 30.3 Å². The minimum Gasteiger partial charge on any atom is -0.337 e. The fraction of sp³-hybridized carbons (Fsp3) is 0.133. The van der Waals surface area contributed by atoms with Crippen molar-refractivity contribution in [2.45, 2.75) is 6.42 Å². The number of amides is 2. The smallest absolute Gasteiger partial charge is 0.320 e. The number of carbonyl (C=O) groups excluding carboxylic acids is 1. The molecule has 0 aliphatic carbocycles. The van der Waals surface area contributed by atoms with E-state index in [1.165, 1.54) is 29.2 Å². The van der Waals surface area contributed by atoms with Crippen molar-refractivity contribution in [3.8, 4) is 5.82 Å². The van der Waals surface area contributed by atoms with Gasteiger partial charge in [-0.25, -0.2) is 24.4 Å². The summed E-state index contributed by atoms with van der Waals surface area (Å²) in [5, 5.41) is 9.43. The molecule has 0 fully saturated rings. The third-order valence-electron chi connectivity index (χ3n) is 3.09. The van der Waals surface area contributed by atoms with Crippen LogP contribution in [0.3, 0.4) is 0 Å². The van der Waals surface area contributed by atoms with Crippen molar-refractivity contribution in [1.82, 2.24) is 30.0 Å². The van der Waals surface area contributed by atoms with Crippen LogP contribution in [0, 0.1) is 0 Å². The summed E-state index contributed by atoms with van der Waals surface area (Å²) < 4.78 is 1.49. The molecular formula is C15H15N7O. The first-order chi connectivity index (χ1) is 11.3. The second-order valence-electron chi connectivity index (χ2n) is 4.72. The third-order valence-corrected chi connectivity index (χ3v) is 3.09. The van der Waals surface area contributed by atoms with Gasteiger partial charge in [-0.05, 0) is 12.0 Å². The number of nitrogens with zero attached hydrogens (tertiary/aromatic N) is 5. The molecule has 23 heavy (non-hydrogen) atoms. The maximum Gasteiger partial charge on any atom is 0.320 e. The molecule has 0 saturated carbocycles. The lowest BCUT2D eigenvalue weighted by atomic mass is 10.1. The largest absolute Gasteiger partial charge is 0.337 e. The summed E-state index contributed by atoms with van der Waals surface area (Å²) in [5.41, 5.74) is 1.17. The summed E-state index contributed by atoms with van der Waals surface area (Å²) in [4.78, 5) is 23.8. The molecule has 0 atom stereocenters. The molecule has 1 aromatic carbocycles. The fourth-order valence-corrected chi connectivity index (χ4v) is 1.99. The van der Waals surface area contributed by atoms with Gasteiger partial charge >= 0.3 is 6.03 Å². The minimum atomic E-state index is -0.316. The number of aromatic nitrogens is 5. The van der Waals surface area contributed by atoms with Gasteiger partial charge in [0.1, 0.15) is 24.8 Å². The summed E-state index contributed by atoms with van der Waals surface area (Å²) in [7, 11) is 0. The zero-order valence-corrected chi connectivity index (χ0v) is 12.3. The van der Waals surface area contributed by atoms with Gasteiger partial charge in [-0.3, -0.25) is 5.32 Å². The summed E-state index contributed by atoms with van der Waals surface area (Å²) >= 11 is 0. The average Bonchev–Trinajstić information content (AvgIpc) is 3.11. The predicted molar refractivity (Wildman–Crippen MR) is 84.1 cm³/mol. The van der Waals surface area contributed by atoms with E-state index in [4.69, 9.17) is 0 Å². The van der Waals surface area contributed by atoms with E-state index in [2.05, 4.69) is 30.7 Å². The maximum absolute atomic E-state index is 11.9. The van der Waals surface area contributed by atoms with Crippen LogP contribution in [-0.2, 0) is 6.42 Å². The zero-order chi connectivity index (χ0) is 15.9. The van der Waals surface area contributed by atoms with Gasteiger partial charge in [0, 0.05) is 12.6 Å². The standard InChI is InChI=1S/C15H15N7O/c23-15(17-7-6-12-4-2-1-3-5-12)21-13-8-14(19-10-18-13)22-11-16-9-20-22/h1-5,8-11H,6-7H2,(H2,17,18,19,21,23). The van der Waals surface area contributed by atoms with E-state index in [0.29, 0.717) is 18.2 Å². The van der Waals surface area contributed by atoms with E-state index in [1.54, 1.807) is 6.07 Å². The van der Waals surface area contributed by atoms with E-state index in [0.717, 1.165) is 6.42 Å². The molecule has 8 nitrogen and oxygen atoms in total. The number of hydrogen-bond acceptors (Lipinski definition) is 5. The second kappa shape index (κ2) is 7.12. The Morgan fingerprint density at radius 1 is 1.13 bits per heavy atom. The summed E-state index contributed by atoms with van der Waals surface area (Å²) in [6.07, 6.45) is 5.05. The normalized spacial score (nSPS) is 10.3. The molecule has 0 unspecified atom stereocenters. The van der Waals surface area contributed by atoms with E-state index in [-0.39, 0.29) is 6.03 Å². The topological polar surface area (TPSA) is 97.6 Å². The highest BCUT2D eigenvalue weighted by molar-refractivity contribution is 5.88. The van der Waals surface area contributed by atoms with Gasteiger partial charge in [-0.2, -0.15) is 5.10 Å². The first-order valence-electron chi connectivity index (χ1n) is 7.07. The Hall–Kier alpha value is -3.29. The van der Waals surface area contributed by atoms with Crippen LogP contribution in [0.5, 0.6) is 0 Å². The number of carbonyl (C=O) groups is 1. The monoisotopic (exact) mass is 309 g/mol. The lowest BCUT2D eigenvalue weighted by Crippen LogP contribution is -2.30. The first-order valence-corrected chi connectivity index (χ1v) is 7.07. The number of urea groups is 1. The van der Waals surface area contributed by atoms with Crippen molar-refractivity contribution in [3.63, 3.8) is 0 Å². The lowest BCUT2D eigenvalue weighted by molar-refractivity contribution is 0.252. The third kappa shape index (κ3) is 4.10. The molecule has 2 heterocycles. The van der Waals surface area contributed by atoms with Crippen molar-refractivity contribution in [3.05, 3.63) is 60.9 Å². The van der Waals surface area contributed by atoms with Crippen molar-refractivity contribution < 1.29 is 4.79 Å².